The Labute approximate surface area is 103 Å². The summed E-state index contributed by atoms with van der Waals surface area (Å²) in [4.78, 5) is 2.16. The fourth-order valence-electron chi connectivity index (χ4n) is 1.94. The molecular weight excluding hydrogens is 217 g/mol. The number of hydrogen-bond donors (Lipinski definition) is 1. The number of aliphatic hydroxyl groups is 1. The third kappa shape index (κ3) is 4.44. The lowest BCUT2D eigenvalue weighted by Crippen LogP contribution is -2.27. The number of hydrogen-bond acceptors (Lipinski definition) is 2. The van der Waals surface area contributed by atoms with Gasteiger partial charge in [-0.15, -0.1) is 0 Å². The second-order valence-corrected chi connectivity index (χ2v) is 4.74. The lowest BCUT2D eigenvalue weighted by Gasteiger charge is -2.22. The van der Waals surface area contributed by atoms with Crippen molar-refractivity contribution in [2.75, 3.05) is 20.2 Å². The summed E-state index contributed by atoms with van der Waals surface area (Å²) in [7, 11) is 2.02. The van der Waals surface area contributed by atoms with Gasteiger partial charge in [0.2, 0.25) is 0 Å². The van der Waals surface area contributed by atoms with Gasteiger partial charge in [0.05, 0.1) is 0 Å². The zero-order valence-electron chi connectivity index (χ0n) is 10.9. The molecule has 0 fully saturated rings. The second kappa shape index (κ2) is 6.72. The van der Waals surface area contributed by atoms with Gasteiger partial charge in [-0.05, 0) is 43.5 Å². The van der Waals surface area contributed by atoms with Crippen molar-refractivity contribution in [3.63, 3.8) is 0 Å². The molecule has 0 spiro atoms. The van der Waals surface area contributed by atoms with Gasteiger partial charge in [-0.3, -0.25) is 0 Å². The van der Waals surface area contributed by atoms with E-state index in [0.717, 1.165) is 25.1 Å². The van der Waals surface area contributed by atoms with Crippen LogP contribution in [0.5, 0.6) is 0 Å². The van der Waals surface area contributed by atoms with Crippen LogP contribution in [0, 0.1) is 18.7 Å². The van der Waals surface area contributed by atoms with E-state index in [1.807, 2.05) is 19.2 Å². The van der Waals surface area contributed by atoms with E-state index in [1.165, 1.54) is 6.07 Å². The predicted octanol–water partition coefficient (Wildman–Crippen LogP) is 2.58. The van der Waals surface area contributed by atoms with Crippen molar-refractivity contribution in [3.05, 3.63) is 35.1 Å². The summed E-state index contributed by atoms with van der Waals surface area (Å²) in [5.41, 5.74) is 1.80. The predicted molar refractivity (Wildman–Crippen MR) is 68.3 cm³/mol. The van der Waals surface area contributed by atoms with Crippen LogP contribution in [0.4, 0.5) is 4.39 Å². The van der Waals surface area contributed by atoms with Crippen molar-refractivity contribution >= 4 is 0 Å². The average Bonchev–Trinajstić information content (AvgIpc) is 2.31. The number of nitrogens with zero attached hydrogens (tertiary/aromatic N) is 1. The largest absolute Gasteiger partial charge is 0.396 e. The van der Waals surface area contributed by atoms with Crippen LogP contribution in [-0.4, -0.2) is 30.2 Å². The highest BCUT2D eigenvalue weighted by Crippen LogP contribution is 2.12. The van der Waals surface area contributed by atoms with Crippen LogP contribution < -0.4 is 0 Å². The molecular formula is C14H22FNO. The molecule has 0 saturated heterocycles. The van der Waals surface area contributed by atoms with Crippen molar-refractivity contribution in [1.29, 1.82) is 0 Å². The number of benzene rings is 1. The Kier molecular flexibility index (Phi) is 5.59. The summed E-state index contributed by atoms with van der Waals surface area (Å²) < 4.78 is 13.1. The molecule has 1 aromatic carbocycles. The van der Waals surface area contributed by atoms with E-state index < -0.39 is 0 Å². The number of rotatable bonds is 6. The maximum Gasteiger partial charge on any atom is 0.126 e. The van der Waals surface area contributed by atoms with Crippen LogP contribution in [0.2, 0.25) is 0 Å². The van der Waals surface area contributed by atoms with Crippen LogP contribution in [-0.2, 0) is 6.54 Å². The van der Waals surface area contributed by atoms with Gasteiger partial charge < -0.3 is 10.0 Å². The fourth-order valence-corrected chi connectivity index (χ4v) is 1.94. The molecule has 1 atom stereocenters. The number of halogens is 1. The molecule has 1 aromatic rings. The molecule has 17 heavy (non-hydrogen) atoms. The van der Waals surface area contributed by atoms with Crippen LogP contribution in [0.3, 0.4) is 0 Å². The summed E-state index contributed by atoms with van der Waals surface area (Å²) in [5, 5.41) is 9.15. The molecule has 1 rings (SSSR count). The van der Waals surface area contributed by atoms with E-state index >= 15 is 0 Å². The van der Waals surface area contributed by atoms with E-state index in [4.69, 9.17) is 5.11 Å². The summed E-state index contributed by atoms with van der Waals surface area (Å²) >= 11 is 0. The Morgan fingerprint density at radius 3 is 2.65 bits per heavy atom. The normalized spacial score (nSPS) is 13.1. The number of aryl methyl sites for hydroxylation is 1. The summed E-state index contributed by atoms with van der Waals surface area (Å²) in [6, 6.07) is 5.21. The molecule has 0 saturated carbocycles. The molecule has 0 bridgehead atoms. The molecule has 0 heterocycles. The minimum Gasteiger partial charge on any atom is -0.396 e. The molecule has 1 N–H and O–H groups in total. The highest BCUT2D eigenvalue weighted by molar-refractivity contribution is 5.23. The van der Waals surface area contributed by atoms with Crippen molar-refractivity contribution in [2.45, 2.75) is 26.8 Å². The lowest BCUT2D eigenvalue weighted by atomic mass is 10.1. The van der Waals surface area contributed by atoms with E-state index in [2.05, 4.69) is 11.8 Å². The smallest absolute Gasteiger partial charge is 0.126 e. The summed E-state index contributed by atoms with van der Waals surface area (Å²) in [6.07, 6.45) is 0.975. The van der Waals surface area contributed by atoms with Gasteiger partial charge in [0.25, 0.3) is 0 Å². The molecule has 0 aromatic heterocycles. The van der Waals surface area contributed by atoms with Crippen LogP contribution in [0.15, 0.2) is 18.2 Å². The molecule has 96 valence electrons. The van der Waals surface area contributed by atoms with Gasteiger partial charge in [0.15, 0.2) is 0 Å². The first-order valence-electron chi connectivity index (χ1n) is 6.11. The van der Waals surface area contributed by atoms with Crippen LogP contribution in [0.25, 0.3) is 0 Å². The average molecular weight is 239 g/mol. The Morgan fingerprint density at radius 1 is 1.41 bits per heavy atom. The fraction of sp³-hybridized carbons (Fsp3) is 0.571. The Balaban J connectivity index is 2.55. The van der Waals surface area contributed by atoms with Crippen molar-refractivity contribution in [2.24, 2.45) is 5.92 Å². The molecule has 0 aliphatic rings. The highest BCUT2D eigenvalue weighted by Gasteiger charge is 2.09. The quantitative estimate of drug-likeness (QED) is 0.824. The third-order valence-corrected chi connectivity index (χ3v) is 3.08. The second-order valence-electron chi connectivity index (χ2n) is 4.74. The van der Waals surface area contributed by atoms with Crippen molar-refractivity contribution in [1.82, 2.24) is 4.90 Å². The molecule has 0 aliphatic heterocycles. The van der Waals surface area contributed by atoms with E-state index in [-0.39, 0.29) is 12.4 Å². The van der Waals surface area contributed by atoms with Crippen LogP contribution in [0.1, 0.15) is 24.5 Å². The minimum atomic E-state index is -0.154. The lowest BCUT2D eigenvalue weighted by molar-refractivity contribution is 0.173. The maximum absolute atomic E-state index is 13.1. The topological polar surface area (TPSA) is 23.5 Å². The molecule has 1 unspecified atom stereocenters. The monoisotopic (exact) mass is 239 g/mol. The molecule has 0 amide bonds. The van der Waals surface area contributed by atoms with E-state index in [1.54, 1.807) is 6.92 Å². The first-order valence-corrected chi connectivity index (χ1v) is 6.11. The van der Waals surface area contributed by atoms with Gasteiger partial charge >= 0.3 is 0 Å². The first-order chi connectivity index (χ1) is 8.06. The van der Waals surface area contributed by atoms with E-state index in [0.29, 0.717) is 11.5 Å². The van der Waals surface area contributed by atoms with Gasteiger partial charge in [-0.25, -0.2) is 4.39 Å². The first kappa shape index (κ1) is 14.1. The summed E-state index contributed by atoms with van der Waals surface area (Å²) in [6.45, 7) is 5.74. The Morgan fingerprint density at radius 2 is 2.12 bits per heavy atom. The minimum absolute atomic E-state index is 0.154. The third-order valence-electron chi connectivity index (χ3n) is 3.08. The van der Waals surface area contributed by atoms with Gasteiger partial charge in [-0.1, -0.05) is 19.1 Å². The zero-order chi connectivity index (χ0) is 12.8. The van der Waals surface area contributed by atoms with Crippen LogP contribution >= 0.6 is 0 Å². The maximum atomic E-state index is 13.1. The molecule has 0 radical (unpaired) electrons. The Bertz CT molecular complexity index is 350. The SMILES string of the molecule is CCC(CO)CN(C)Cc1ccc(F)c(C)c1. The molecule has 3 heteroatoms. The van der Waals surface area contributed by atoms with Crippen molar-refractivity contribution in [3.8, 4) is 0 Å². The zero-order valence-corrected chi connectivity index (χ0v) is 10.9. The van der Waals surface area contributed by atoms with Gasteiger partial charge in [-0.2, -0.15) is 0 Å². The van der Waals surface area contributed by atoms with Gasteiger partial charge in [0.1, 0.15) is 5.82 Å². The van der Waals surface area contributed by atoms with E-state index in [9.17, 15) is 4.39 Å². The standard InChI is InChI=1S/C14H22FNO/c1-4-12(10-17)8-16(3)9-13-5-6-14(15)11(2)7-13/h5-7,12,17H,4,8-10H2,1-3H3. The van der Waals surface area contributed by atoms with Crippen molar-refractivity contribution < 1.29 is 9.50 Å². The number of aliphatic hydroxyl groups excluding tert-OH is 1. The Hall–Kier alpha value is -0.930. The molecule has 2 nitrogen and oxygen atoms in total. The summed E-state index contributed by atoms with van der Waals surface area (Å²) in [5.74, 6) is 0.166. The van der Waals surface area contributed by atoms with Gasteiger partial charge in [0, 0.05) is 19.7 Å². The molecule has 0 aliphatic carbocycles. The highest BCUT2D eigenvalue weighted by atomic mass is 19.1.